The van der Waals surface area contributed by atoms with Crippen LogP contribution >= 0.6 is 0 Å². The van der Waals surface area contributed by atoms with Crippen molar-refractivity contribution in [1.82, 2.24) is 20.2 Å². The van der Waals surface area contributed by atoms with Crippen molar-refractivity contribution in [3.8, 4) is 0 Å². The Balaban J connectivity index is 1.90. The van der Waals surface area contributed by atoms with E-state index in [1.807, 2.05) is 30.3 Å². The molecule has 2 N–H and O–H groups in total. The number of aromatic nitrogens is 2. The fourth-order valence-electron chi connectivity index (χ4n) is 2.42. The molecule has 0 aliphatic rings. The van der Waals surface area contributed by atoms with Gasteiger partial charge in [0.25, 0.3) is 0 Å². The number of carboxylic acid groups (broad SMARTS) is 1. The summed E-state index contributed by atoms with van der Waals surface area (Å²) in [6.07, 6.45) is -0.566. The van der Waals surface area contributed by atoms with Crippen LogP contribution in [0.4, 0.5) is 4.79 Å². The van der Waals surface area contributed by atoms with Gasteiger partial charge in [-0.3, -0.25) is 9.52 Å². The summed E-state index contributed by atoms with van der Waals surface area (Å²) in [5.74, 6) is -1.07. The van der Waals surface area contributed by atoms with E-state index in [4.69, 9.17) is 14.7 Å². The molecule has 29 heavy (non-hydrogen) atoms. The van der Waals surface area contributed by atoms with E-state index in [1.54, 1.807) is 27.8 Å². The number of hydroxylamine groups is 2. The van der Waals surface area contributed by atoms with Gasteiger partial charge >= 0.3 is 12.1 Å². The van der Waals surface area contributed by atoms with Gasteiger partial charge in [0, 0.05) is 20.1 Å². The van der Waals surface area contributed by atoms with Crippen molar-refractivity contribution in [2.24, 2.45) is 7.05 Å². The van der Waals surface area contributed by atoms with Crippen LogP contribution in [-0.2, 0) is 29.8 Å². The first-order chi connectivity index (χ1) is 13.7. The predicted octanol–water partition coefficient (Wildman–Crippen LogP) is 2.58. The number of aryl methyl sites for hydroxylation is 1. The fraction of sp³-hybridized carbons (Fsp3) is 0.450. The van der Waals surface area contributed by atoms with Crippen LogP contribution in [0.2, 0.25) is 0 Å². The van der Waals surface area contributed by atoms with Gasteiger partial charge in [0.1, 0.15) is 12.2 Å². The first-order valence-corrected chi connectivity index (χ1v) is 9.30. The number of nitrogens with zero attached hydrogens (tertiary/aromatic N) is 3. The molecule has 2 rings (SSSR count). The Labute approximate surface area is 170 Å². The Kier molecular flexibility index (Phi) is 7.74. The van der Waals surface area contributed by atoms with Gasteiger partial charge in [-0.15, -0.1) is 0 Å². The SMILES string of the molecule is Cn1nc(C(=O)O)cc1CNCCN(OCc1ccccc1)C(=O)OC(C)(C)C. The minimum atomic E-state index is -1.07. The predicted molar refractivity (Wildman–Crippen MR) is 106 cm³/mol. The minimum absolute atomic E-state index is 0.00845. The molecule has 0 bridgehead atoms. The number of ether oxygens (including phenoxy) is 1. The standard InChI is InChI=1S/C20H28N4O5/c1-20(2,3)29-19(27)24(28-14-15-8-6-5-7-9-15)11-10-21-13-16-12-17(18(25)26)22-23(16)4/h5-9,12,21H,10-11,13-14H2,1-4H3,(H,25,26). The zero-order valence-electron chi connectivity index (χ0n) is 17.2. The van der Waals surface area contributed by atoms with Crippen LogP contribution in [0, 0.1) is 0 Å². The number of benzene rings is 1. The largest absolute Gasteiger partial charge is 0.476 e. The highest BCUT2D eigenvalue weighted by Gasteiger charge is 2.23. The van der Waals surface area contributed by atoms with Gasteiger partial charge in [0.15, 0.2) is 5.69 Å². The van der Waals surface area contributed by atoms with Gasteiger partial charge in [0.2, 0.25) is 0 Å². The summed E-state index contributed by atoms with van der Waals surface area (Å²) in [5.41, 5.74) is 1.01. The van der Waals surface area contributed by atoms with Crippen LogP contribution < -0.4 is 5.32 Å². The van der Waals surface area contributed by atoms with Crippen molar-refractivity contribution in [3.05, 3.63) is 53.3 Å². The van der Waals surface area contributed by atoms with E-state index in [9.17, 15) is 9.59 Å². The van der Waals surface area contributed by atoms with Crippen molar-refractivity contribution >= 4 is 12.1 Å². The third-order valence-corrected chi connectivity index (χ3v) is 3.82. The molecule has 0 saturated carbocycles. The topological polar surface area (TPSA) is 106 Å². The molecule has 0 aliphatic heterocycles. The lowest BCUT2D eigenvalue weighted by molar-refractivity contribution is -0.155. The molecular weight excluding hydrogens is 376 g/mol. The molecule has 2 aromatic rings. The number of rotatable bonds is 9. The lowest BCUT2D eigenvalue weighted by atomic mass is 10.2. The number of nitrogens with one attached hydrogen (secondary N) is 1. The number of amides is 1. The molecule has 1 aromatic heterocycles. The first kappa shape index (κ1) is 22.4. The molecule has 0 unspecified atom stereocenters. The summed E-state index contributed by atoms with van der Waals surface area (Å²) >= 11 is 0. The van der Waals surface area contributed by atoms with Crippen molar-refractivity contribution in [1.29, 1.82) is 0 Å². The van der Waals surface area contributed by atoms with Crippen molar-refractivity contribution < 1.29 is 24.3 Å². The second-order valence-corrected chi connectivity index (χ2v) is 7.47. The Hall–Kier alpha value is -2.91. The van der Waals surface area contributed by atoms with Crippen molar-refractivity contribution in [3.63, 3.8) is 0 Å². The summed E-state index contributed by atoms with van der Waals surface area (Å²) in [7, 11) is 1.68. The van der Waals surface area contributed by atoms with Crippen LogP contribution in [0.1, 0.15) is 42.5 Å². The fourth-order valence-corrected chi connectivity index (χ4v) is 2.42. The summed E-state index contributed by atoms with van der Waals surface area (Å²) in [6.45, 7) is 6.69. The van der Waals surface area contributed by atoms with Crippen LogP contribution in [0.25, 0.3) is 0 Å². The van der Waals surface area contributed by atoms with Crippen LogP contribution in [0.15, 0.2) is 36.4 Å². The lowest BCUT2D eigenvalue weighted by Gasteiger charge is -2.26. The van der Waals surface area contributed by atoms with Crippen LogP contribution in [-0.4, -0.2) is 50.7 Å². The molecule has 0 fully saturated rings. The van der Waals surface area contributed by atoms with E-state index in [0.29, 0.717) is 13.1 Å². The Bertz CT molecular complexity index is 814. The number of carbonyl (C=O) groups is 2. The lowest BCUT2D eigenvalue weighted by Crippen LogP contribution is -2.40. The second-order valence-electron chi connectivity index (χ2n) is 7.47. The third-order valence-electron chi connectivity index (χ3n) is 3.82. The highest BCUT2D eigenvalue weighted by atomic mass is 16.7. The summed E-state index contributed by atoms with van der Waals surface area (Å²) < 4.78 is 6.92. The number of carboxylic acids is 1. The van der Waals surface area contributed by atoms with Crippen molar-refractivity contribution in [2.45, 2.75) is 39.5 Å². The molecular formula is C20H28N4O5. The Morgan fingerprint density at radius 3 is 2.52 bits per heavy atom. The van der Waals surface area contributed by atoms with Gasteiger partial charge in [-0.25, -0.2) is 9.59 Å². The zero-order valence-corrected chi connectivity index (χ0v) is 17.2. The Morgan fingerprint density at radius 1 is 1.24 bits per heavy atom. The van der Waals surface area contributed by atoms with Gasteiger partial charge in [0.05, 0.1) is 12.2 Å². The van der Waals surface area contributed by atoms with E-state index in [2.05, 4.69) is 10.4 Å². The monoisotopic (exact) mass is 404 g/mol. The maximum absolute atomic E-state index is 12.4. The van der Waals surface area contributed by atoms with Crippen molar-refractivity contribution in [2.75, 3.05) is 13.1 Å². The quantitative estimate of drug-likeness (QED) is 0.489. The number of aromatic carboxylic acids is 1. The average Bonchev–Trinajstić information content (AvgIpc) is 3.01. The smallest absolute Gasteiger partial charge is 0.434 e. The number of carbonyl (C=O) groups excluding carboxylic acids is 1. The summed E-state index contributed by atoms with van der Waals surface area (Å²) in [4.78, 5) is 29.1. The van der Waals surface area contributed by atoms with Gasteiger partial charge in [-0.05, 0) is 32.4 Å². The highest BCUT2D eigenvalue weighted by Crippen LogP contribution is 2.11. The molecule has 0 spiro atoms. The number of hydrogen-bond acceptors (Lipinski definition) is 6. The summed E-state index contributed by atoms with van der Waals surface area (Å²) in [6, 6.07) is 11.0. The third kappa shape index (κ3) is 7.55. The second kappa shape index (κ2) is 10.0. The zero-order chi connectivity index (χ0) is 21.4. The molecule has 1 aromatic carbocycles. The average molecular weight is 404 g/mol. The van der Waals surface area contributed by atoms with E-state index in [0.717, 1.165) is 11.3 Å². The summed E-state index contributed by atoms with van der Waals surface area (Å²) in [5, 5.41) is 17.3. The maximum Gasteiger partial charge on any atom is 0.434 e. The van der Waals surface area contributed by atoms with E-state index < -0.39 is 17.7 Å². The van der Waals surface area contributed by atoms with E-state index >= 15 is 0 Å². The minimum Gasteiger partial charge on any atom is -0.476 e. The molecule has 0 radical (unpaired) electrons. The van der Waals surface area contributed by atoms with Crippen LogP contribution in [0.3, 0.4) is 0 Å². The highest BCUT2D eigenvalue weighted by molar-refractivity contribution is 5.85. The normalized spacial score (nSPS) is 11.3. The van der Waals surface area contributed by atoms with E-state index in [1.165, 1.54) is 15.8 Å². The molecule has 0 saturated heterocycles. The molecule has 1 heterocycles. The molecule has 9 nitrogen and oxygen atoms in total. The Morgan fingerprint density at radius 2 is 1.93 bits per heavy atom. The van der Waals surface area contributed by atoms with E-state index in [-0.39, 0.29) is 18.8 Å². The van der Waals surface area contributed by atoms with Gasteiger partial charge < -0.3 is 15.2 Å². The molecule has 158 valence electrons. The molecule has 0 atom stereocenters. The molecule has 9 heteroatoms. The van der Waals surface area contributed by atoms with Gasteiger partial charge in [-0.1, -0.05) is 30.3 Å². The van der Waals surface area contributed by atoms with Crippen LogP contribution in [0.5, 0.6) is 0 Å². The number of hydrogen-bond donors (Lipinski definition) is 2. The first-order valence-electron chi connectivity index (χ1n) is 9.30. The maximum atomic E-state index is 12.4. The molecule has 1 amide bonds. The van der Waals surface area contributed by atoms with Gasteiger partial charge in [-0.2, -0.15) is 10.2 Å². The molecule has 0 aliphatic carbocycles.